The minimum atomic E-state index is -1.15. The molecule has 8 heteroatoms. The highest BCUT2D eigenvalue weighted by molar-refractivity contribution is 6.61. The lowest BCUT2D eigenvalue weighted by molar-refractivity contribution is -0.298. The van der Waals surface area contributed by atoms with Crippen LogP contribution in [-0.2, 0) is 25.3 Å². The van der Waals surface area contributed by atoms with Crippen LogP contribution in [0.5, 0.6) is 0 Å². The van der Waals surface area contributed by atoms with Crippen LogP contribution in [0.1, 0.15) is 5.56 Å². The van der Waals surface area contributed by atoms with Gasteiger partial charge >= 0.3 is 7.12 Å². The molecule has 0 amide bonds. The van der Waals surface area contributed by atoms with Crippen LogP contribution < -0.4 is 10.8 Å². The highest BCUT2D eigenvalue weighted by Crippen LogP contribution is 2.27. The van der Waals surface area contributed by atoms with Gasteiger partial charge in [-0.2, -0.15) is 0 Å². The van der Waals surface area contributed by atoms with Crippen LogP contribution in [0.15, 0.2) is 24.3 Å². The number of fused-ring (bicyclic) bond motifs is 1. The number of methoxy groups -OCH3 is 1. The van der Waals surface area contributed by atoms with Crippen molar-refractivity contribution in [2.45, 2.75) is 37.3 Å². The van der Waals surface area contributed by atoms with Crippen LogP contribution in [0.25, 0.3) is 0 Å². The number of hydrogen-bond acceptors (Lipinski definition) is 7. The molecule has 0 unspecified atom stereocenters. The summed E-state index contributed by atoms with van der Waals surface area (Å²) in [4.78, 5) is 0. The van der Waals surface area contributed by atoms with E-state index >= 15 is 0 Å². The van der Waals surface area contributed by atoms with Gasteiger partial charge in [-0.25, -0.2) is 0 Å². The van der Waals surface area contributed by atoms with Crippen molar-refractivity contribution in [3.8, 4) is 0 Å². The van der Waals surface area contributed by atoms with E-state index in [-0.39, 0.29) is 6.61 Å². The number of aliphatic hydroxyl groups excluding tert-OH is 2. The Morgan fingerprint density at radius 3 is 2.65 bits per heavy atom. The van der Waals surface area contributed by atoms with E-state index in [2.05, 4.69) is 5.32 Å². The predicted molar refractivity (Wildman–Crippen MR) is 83.1 cm³/mol. The van der Waals surface area contributed by atoms with Gasteiger partial charge in [-0.3, -0.25) is 0 Å². The maximum absolute atomic E-state index is 10.3. The average molecular weight is 323 g/mol. The minimum Gasteiger partial charge on any atom is -0.404 e. The van der Waals surface area contributed by atoms with Gasteiger partial charge in [0.25, 0.3) is 0 Å². The Morgan fingerprint density at radius 1 is 1.26 bits per heavy atom. The summed E-state index contributed by atoms with van der Waals surface area (Å²) in [5.41, 5.74) is 2.02. The van der Waals surface area contributed by atoms with Gasteiger partial charge in [0.2, 0.25) is 0 Å². The van der Waals surface area contributed by atoms with E-state index in [9.17, 15) is 10.2 Å². The van der Waals surface area contributed by atoms with E-state index < -0.39 is 37.8 Å². The first-order valence-electron chi connectivity index (χ1n) is 7.69. The molecule has 2 heterocycles. The lowest BCUT2D eigenvalue weighted by Gasteiger charge is -2.45. The molecule has 3 N–H and O–H groups in total. The fraction of sp³-hybridized carbons (Fsp3) is 0.600. The Morgan fingerprint density at radius 2 is 2.00 bits per heavy atom. The minimum absolute atomic E-state index is 0.261. The number of hydrogen-bond donors (Lipinski definition) is 3. The van der Waals surface area contributed by atoms with Crippen molar-refractivity contribution in [3.63, 3.8) is 0 Å². The Hall–Kier alpha value is -0.995. The second-order valence-electron chi connectivity index (χ2n) is 5.80. The molecule has 1 aromatic carbocycles. The molecule has 0 aromatic heterocycles. The van der Waals surface area contributed by atoms with Gasteiger partial charge in [-0.05, 0) is 18.1 Å². The molecular weight excluding hydrogens is 301 g/mol. The molecule has 5 atom stereocenters. The quantitative estimate of drug-likeness (QED) is 0.588. The third kappa shape index (κ3) is 3.43. The summed E-state index contributed by atoms with van der Waals surface area (Å²) in [6, 6.07) is 7.85. The van der Waals surface area contributed by atoms with Gasteiger partial charge in [-0.15, -0.1) is 0 Å². The van der Waals surface area contributed by atoms with Crippen LogP contribution in [0.3, 0.4) is 0 Å². The van der Waals surface area contributed by atoms with Crippen molar-refractivity contribution in [2.75, 3.05) is 20.8 Å². The summed E-state index contributed by atoms with van der Waals surface area (Å²) in [5, 5.41) is 23.3. The molecule has 2 saturated heterocycles. The zero-order valence-electron chi connectivity index (χ0n) is 13.2. The maximum Gasteiger partial charge on any atom is 0.494 e. The number of aliphatic hydroxyl groups is 2. The summed E-state index contributed by atoms with van der Waals surface area (Å²) in [6.07, 6.45) is -4.26. The summed E-state index contributed by atoms with van der Waals surface area (Å²) in [5.74, 6) is 0. The van der Waals surface area contributed by atoms with Crippen molar-refractivity contribution in [1.82, 2.24) is 5.32 Å². The van der Waals surface area contributed by atoms with Gasteiger partial charge in [-0.1, -0.05) is 24.3 Å². The summed E-state index contributed by atoms with van der Waals surface area (Å²) in [7, 11) is 2.72. The summed E-state index contributed by atoms with van der Waals surface area (Å²) < 4.78 is 22.1. The number of benzene rings is 1. The lowest BCUT2D eigenvalue weighted by atomic mass is 9.76. The van der Waals surface area contributed by atoms with Crippen LogP contribution >= 0.6 is 0 Å². The summed E-state index contributed by atoms with van der Waals surface area (Å²) in [6.45, 7) is 1.05. The van der Waals surface area contributed by atoms with E-state index in [4.69, 9.17) is 18.8 Å². The highest BCUT2D eigenvalue weighted by Gasteiger charge is 2.49. The van der Waals surface area contributed by atoms with Gasteiger partial charge in [0, 0.05) is 13.7 Å². The van der Waals surface area contributed by atoms with Gasteiger partial charge in [0.05, 0.1) is 6.61 Å². The van der Waals surface area contributed by atoms with E-state index in [1.54, 1.807) is 0 Å². The van der Waals surface area contributed by atoms with Crippen molar-refractivity contribution in [2.24, 2.45) is 0 Å². The Labute approximate surface area is 135 Å². The monoisotopic (exact) mass is 323 g/mol. The Bertz CT molecular complexity index is 513. The van der Waals surface area contributed by atoms with E-state index in [0.29, 0.717) is 0 Å². The van der Waals surface area contributed by atoms with Crippen LogP contribution in [0.2, 0.25) is 0 Å². The molecule has 126 valence electrons. The Balaban J connectivity index is 1.69. The number of nitrogens with one attached hydrogen (secondary N) is 1. The van der Waals surface area contributed by atoms with Crippen LogP contribution in [0.4, 0.5) is 0 Å². The SMILES string of the molecule is CNCc1ccc(B2OC[C@H]3O[C@H](OC)[C@H](O)[C@@H](O)[C@@H]3O2)cc1. The third-order valence-electron chi connectivity index (χ3n) is 4.20. The van der Waals surface area contributed by atoms with Crippen molar-refractivity contribution in [3.05, 3.63) is 29.8 Å². The second kappa shape index (κ2) is 7.27. The molecule has 0 spiro atoms. The molecule has 0 saturated carbocycles. The normalized spacial score (nSPS) is 34.3. The van der Waals surface area contributed by atoms with E-state index in [0.717, 1.165) is 17.6 Å². The molecule has 7 nitrogen and oxygen atoms in total. The maximum atomic E-state index is 10.3. The molecule has 23 heavy (non-hydrogen) atoms. The van der Waals surface area contributed by atoms with Crippen molar-refractivity contribution >= 4 is 12.6 Å². The highest BCUT2D eigenvalue weighted by atomic mass is 16.7. The molecular formula is C15H22BNO6. The second-order valence-corrected chi connectivity index (χ2v) is 5.80. The average Bonchev–Trinajstić information content (AvgIpc) is 2.59. The summed E-state index contributed by atoms with van der Waals surface area (Å²) >= 11 is 0. The zero-order chi connectivity index (χ0) is 16.4. The van der Waals surface area contributed by atoms with Crippen LogP contribution in [0, 0.1) is 0 Å². The lowest BCUT2D eigenvalue weighted by Crippen LogP contribution is -2.65. The molecule has 2 aliphatic rings. The Kier molecular flexibility index (Phi) is 5.33. The fourth-order valence-electron chi connectivity index (χ4n) is 2.94. The molecule has 0 bridgehead atoms. The first-order chi connectivity index (χ1) is 11.1. The molecule has 2 aliphatic heterocycles. The predicted octanol–water partition coefficient (Wildman–Crippen LogP) is -1.39. The van der Waals surface area contributed by atoms with Gasteiger partial charge < -0.3 is 34.3 Å². The molecule has 0 aliphatic carbocycles. The van der Waals surface area contributed by atoms with Crippen molar-refractivity contribution < 1.29 is 29.0 Å². The first kappa shape index (κ1) is 16.8. The van der Waals surface area contributed by atoms with E-state index in [1.165, 1.54) is 7.11 Å². The molecule has 0 radical (unpaired) electrons. The topological polar surface area (TPSA) is 89.4 Å². The van der Waals surface area contributed by atoms with Gasteiger partial charge in [0.15, 0.2) is 6.29 Å². The first-order valence-corrected chi connectivity index (χ1v) is 7.69. The van der Waals surface area contributed by atoms with E-state index in [1.807, 2.05) is 31.3 Å². The van der Waals surface area contributed by atoms with Crippen LogP contribution in [-0.4, -0.2) is 68.8 Å². The standard InChI is InChI=1S/C15H22BNO6/c1-17-7-9-3-5-10(6-4-9)16-21-8-11-14(23-16)12(18)13(19)15(20-2)22-11/h3-6,11-15,17-19H,7-8H2,1-2H3/t11-,12-,13-,14-,15+/m1/s1. The molecule has 1 aromatic rings. The van der Waals surface area contributed by atoms with Gasteiger partial charge in [0.1, 0.15) is 24.4 Å². The largest absolute Gasteiger partial charge is 0.494 e. The third-order valence-corrected chi connectivity index (χ3v) is 4.20. The molecule has 2 fully saturated rings. The fourth-order valence-corrected chi connectivity index (χ4v) is 2.94. The molecule has 3 rings (SSSR count). The number of ether oxygens (including phenoxy) is 2. The smallest absolute Gasteiger partial charge is 0.404 e. The zero-order valence-corrected chi connectivity index (χ0v) is 13.2. The number of rotatable bonds is 4. The van der Waals surface area contributed by atoms with Crippen molar-refractivity contribution in [1.29, 1.82) is 0 Å².